The van der Waals surface area contributed by atoms with Gasteiger partial charge in [-0.05, 0) is 42.5 Å². The van der Waals surface area contributed by atoms with E-state index in [4.69, 9.17) is 16.3 Å². The zero-order valence-corrected chi connectivity index (χ0v) is 16.3. The van der Waals surface area contributed by atoms with Crippen LogP contribution in [0.5, 0.6) is 5.75 Å². The molecule has 2 N–H and O–H groups in total. The van der Waals surface area contributed by atoms with Crippen LogP contribution in [0.1, 0.15) is 10.4 Å². The van der Waals surface area contributed by atoms with Gasteiger partial charge in [-0.3, -0.25) is 19.7 Å². The summed E-state index contributed by atoms with van der Waals surface area (Å²) >= 11 is 5.91. The first kappa shape index (κ1) is 20.8. The molecule has 2 amide bonds. The fourth-order valence-corrected chi connectivity index (χ4v) is 2.77. The van der Waals surface area contributed by atoms with Gasteiger partial charge < -0.3 is 15.4 Å². The van der Waals surface area contributed by atoms with E-state index in [1.54, 1.807) is 48.5 Å². The van der Waals surface area contributed by atoms with Crippen molar-refractivity contribution < 1.29 is 19.2 Å². The van der Waals surface area contributed by atoms with Crippen LogP contribution in [-0.2, 0) is 4.79 Å². The summed E-state index contributed by atoms with van der Waals surface area (Å²) in [5.74, 6) is -0.905. The summed E-state index contributed by atoms with van der Waals surface area (Å²) in [6, 6.07) is 18.8. The Morgan fingerprint density at radius 2 is 1.63 bits per heavy atom. The number of rotatable bonds is 7. The van der Waals surface area contributed by atoms with Gasteiger partial charge >= 0.3 is 5.69 Å². The molecule has 0 fully saturated rings. The molecule has 0 saturated carbocycles. The number of nitro benzene ring substituents is 1. The zero-order chi connectivity index (χ0) is 21.5. The second-order valence-electron chi connectivity index (χ2n) is 6.11. The summed E-state index contributed by atoms with van der Waals surface area (Å²) in [4.78, 5) is 35.0. The van der Waals surface area contributed by atoms with Gasteiger partial charge in [0.1, 0.15) is 0 Å². The lowest BCUT2D eigenvalue weighted by Crippen LogP contribution is -2.21. The maximum absolute atomic E-state index is 12.4. The van der Waals surface area contributed by atoms with Crippen molar-refractivity contribution in [3.8, 4) is 5.75 Å². The number of para-hydroxylation sites is 2. The van der Waals surface area contributed by atoms with Crippen molar-refractivity contribution in [3.05, 3.63) is 93.5 Å². The van der Waals surface area contributed by atoms with Crippen molar-refractivity contribution in [1.29, 1.82) is 0 Å². The van der Waals surface area contributed by atoms with Crippen LogP contribution in [0.15, 0.2) is 72.8 Å². The third kappa shape index (κ3) is 5.55. The van der Waals surface area contributed by atoms with Crippen LogP contribution in [0.3, 0.4) is 0 Å². The van der Waals surface area contributed by atoms with Gasteiger partial charge in [0.15, 0.2) is 12.4 Å². The van der Waals surface area contributed by atoms with Crippen LogP contribution in [0, 0.1) is 10.1 Å². The van der Waals surface area contributed by atoms with Gasteiger partial charge in [-0.2, -0.15) is 0 Å². The lowest BCUT2D eigenvalue weighted by Gasteiger charge is -2.10. The molecule has 3 rings (SSSR count). The highest BCUT2D eigenvalue weighted by Gasteiger charge is 2.15. The van der Waals surface area contributed by atoms with Crippen LogP contribution >= 0.6 is 11.6 Å². The van der Waals surface area contributed by atoms with E-state index in [0.717, 1.165) is 0 Å². The Kier molecular flexibility index (Phi) is 6.61. The number of anilines is 2. The summed E-state index contributed by atoms with van der Waals surface area (Å²) in [5.41, 5.74) is 1.02. The van der Waals surface area contributed by atoms with E-state index in [2.05, 4.69) is 10.6 Å². The van der Waals surface area contributed by atoms with Gasteiger partial charge in [0, 0.05) is 28.0 Å². The second kappa shape index (κ2) is 9.53. The summed E-state index contributed by atoms with van der Waals surface area (Å²) in [7, 11) is 0. The van der Waals surface area contributed by atoms with Crippen LogP contribution in [-0.4, -0.2) is 23.3 Å². The molecule has 0 atom stereocenters. The van der Waals surface area contributed by atoms with E-state index in [1.165, 1.54) is 24.3 Å². The fourth-order valence-electron chi connectivity index (χ4n) is 2.58. The summed E-state index contributed by atoms with van der Waals surface area (Å²) in [6.45, 7) is -0.427. The molecule has 3 aromatic carbocycles. The molecule has 0 saturated heterocycles. The first-order chi connectivity index (χ1) is 14.4. The Hall–Kier alpha value is -3.91. The predicted molar refractivity (Wildman–Crippen MR) is 113 cm³/mol. The van der Waals surface area contributed by atoms with Crippen molar-refractivity contribution in [2.75, 3.05) is 17.2 Å². The molecular formula is C21H16ClN3O5. The fraction of sp³-hybridized carbons (Fsp3) is 0.0476. The highest BCUT2D eigenvalue weighted by atomic mass is 35.5. The van der Waals surface area contributed by atoms with Crippen molar-refractivity contribution in [3.63, 3.8) is 0 Å². The number of amides is 2. The van der Waals surface area contributed by atoms with E-state index in [-0.39, 0.29) is 17.3 Å². The van der Waals surface area contributed by atoms with E-state index in [9.17, 15) is 19.7 Å². The maximum atomic E-state index is 12.4. The first-order valence-corrected chi connectivity index (χ1v) is 9.13. The largest absolute Gasteiger partial charge is 0.477 e. The average Bonchev–Trinajstić information content (AvgIpc) is 2.72. The topological polar surface area (TPSA) is 111 Å². The Morgan fingerprint density at radius 1 is 0.933 bits per heavy atom. The molecule has 152 valence electrons. The Bertz CT molecular complexity index is 1100. The van der Waals surface area contributed by atoms with E-state index < -0.39 is 17.4 Å². The van der Waals surface area contributed by atoms with Gasteiger partial charge in [-0.1, -0.05) is 35.9 Å². The van der Waals surface area contributed by atoms with Gasteiger partial charge in [0.05, 0.1) is 4.92 Å². The Balaban J connectivity index is 1.61. The monoisotopic (exact) mass is 425 g/mol. The number of ether oxygens (including phenoxy) is 1. The number of hydrogen-bond acceptors (Lipinski definition) is 5. The lowest BCUT2D eigenvalue weighted by atomic mass is 10.2. The minimum Gasteiger partial charge on any atom is -0.477 e. The SMILES string of the molecule is O=C(COc1ccccc1[N+](=O)[O-])Nc1cccc(C(=O)Nc2cccc(Cl)c2)c1. The number of carbonyl (C=O) groups excluding carboxylic acids is 2. The molecule has 8 nitrogen and oxygen atoms in total. The second-order valence-corrected chi connectivity index (χ2v) is 6.54. The third-order valence-electron chi connectivity index (χ3n) is 3.91. The molecule has 0 bridgehead atoms. The molecule has 30 heavy (non-hydrogen) atoms. The lowest BCUT2D eigenvalue weighted by molar-refractivity contribution is -0.385. The van der Waals surface area contributed by atoms with Gasteiger partial charge in [0.25, 0.3) is 11.8 Å². The van der Waals surface area contributed by atoms with E-state index >= 15 is 0 Å². The molecule has 0 heterocycles. The van der Waals surface area contributed by atoms with Gasteiger partial charge in [-0.15, -0.1) is 0 Å². The molecular weight excluding hydrogens is 410 g/mol. The highest BCUT2D eigenvalue weighted by Crippen LogP contribution is 2.25. The van der Waals surface area contributed by atoms with Crippen LogP contribution in [0.25, 0.3) is 0 Å². The van der Waals surface area contributed by atoms with Crippen molar-refractivity contribution in [1.82, 2.24) is 0 Å². The van der Waals surface area contributed by atoms with E-state index in [1.807, 2.05) is 0 Å². The van der Waals surface area contributed by atoms with Crippen LogP contribution < -0.4 is 15.4 Å². The minimum atomic E-state index is -0.588. The summed E-state index contributed by atoms with van der Waals surface area (Å²) in [5, 5.41) is 16.8. The molecule has 9 heteroatoms. The smallest absolute Gasteiger partial charge is 0.310 e. The Labute approximate surface area is 176 Å². The Morgan fingerprint density at radius 3 is 2.37 bits per heavy atom. The number of benzene rings is 3. The maximum Gasteiger partial charge on any atom is 0.310 e. The number of halogens is 1. The minimum absolute atomic E-state index is 0.00713. The number of nitro groups is 1. The number of nitrogens with zero attached hydrogens (tertiary/aromatic N) is 1. The van der Waals surface area contributed by atoms with Crippen molar-refractivity contribution in [2.24, 2.45) is 0 Å². The summed E-state index contributed by atoms with van der Waals surface area (Å²) in [6.07, 6.45) is 0. The molecule has 0 spiro atoms. The third-order valence-corrected chi connectivity index (χ3v) is 4.15. The standard InChI is InChI=1S/C21H16ClN3O5/c22-15-6-4-8-17(12-15)24-21(27)14-5-3-7-16(11-14)23-20(26)13-30-19-10-2-1-9-18(19)25(28)29/h1-12H,13H2,(H,23,26)(H,24,27). The number of nitrogens with one attached hydrogen (secondary N) is 2. The quantitative estimate of drug-likeness (QED) is 0.427. The summed E-state index contributed by atoms with van der Waals surface area (Å²) < 4.78 is 5.25. The number of hydrogen-bond donors (Lipinski definition) is 2. The predicted octanol–water partition coefficient (Wildman–Crippen LogP) is 4.52. The first-order valence-electron chi connectivity index (χ1n) is 8.75. The van der Waals surface area contributed by atoms with Crippen molar-refractivity contribution >= 4 is 40.5 Å². The van der Waals surface area contributed by atoms with Gasteiger partial charge in [-0.25, -0.2) is 0 Å². The van der Waals surface area contributed by atoms with Crippen LogP contribution in [0.4, 0.5) is 17.1 Å². The molecule has 0 radical (unpaired) electrons. The van der Waals surface area contributed by atoms with Crippen LogP contribution in [0.2, 0.25) is 5.02 Å². The molecule has 0 aliphatic heterocycles. The average molecular weight is 426 g/mol. The van der Waals surface area contributed by atoms with Gasteiger partial charge in [0.2, 0.25) is 0 Å². The molecule has 3 aromatic rings. The van der Waals surface area contributed by atoms with Crippen molar-refractivity contribution in [2.45, 2.75) is 0 Å². The molecule has 0 aliphatic carbocycles. The molecule has 0 unspecified atom stereocenters. The zero-order valence-electron chi connectivity index (χ0n) is 15.5. The number of carbonyl (C=O) groups is 2. The molecule has 0 aromatic heterocycles. The highest BCUT2D eigenvalue weighted by molar-refractivity contribution is 6.31. The normalized spacial score (nSPS) is 10.2. The van der Waals surface area contributed by atoms with E-state index in [0.29, 0.717) is 22.0 Å². The molecule has 0 aliphatic rings.